The molecule has 0 radical (unpaired) electrons. The van der Waals surface area contributed by atoms with Crippen LogP contribution in [0.1, 0.15) is 10.6 Å². The van der Waals surface area contributed by atoms with E-state index in [0.29, 0.717) is 5.75 Å². The highest BCUT2D eigenvalue weighted by Gasteiger charge is 2.13. The molecule has 114 valence electrons. The lowest BCUT2D eigenvalue weighted by Crippen LogP contribution is -3.00. The van der Waals surface area contributed by atoms with Crippen LogP contribution in [0.5, 0.6) is 11.5 Å². The Morgan fingerprint density at radius 3 is 2.64 bits per heavy atom. The van der Waals surface area contributed by atoms with Crippen LogP contribution < -0.4 is 33.3 Å². The summed E-state index contributed by atoms with van der Waals surface area (Å²) in [5.41, 5.74) is 2.22. The maximum absolute atomic E-state index is 9.61. The largest absolute Gasteiger partial charge is 1.00 e. The van der Waals surface area contributed by atoms with Crippen molar-refractivity contribution in [2.24, 2.45) is 7.05 Å². The molecule has 5 heteroatoms. The summed E-state index contributed by atoms with van der Waals surface area (Å²) in [6, 6.07) is 13.7. The fourth-order valence-corrected chi connectivity index (χ4v) is 3.28. The first-order valence-electron chi connectivity index (χ1n) is 6.61. The second-order valence-electron chi connectivity index (χ2n) is 4.73. The van der Waals surface area contributed by atoms with E-state index in [0.717, 1.165) is 5.56 Å². The van der Waals surface area contributed by atoms with Gasteiger partial charge in [0, 0.05) is 12.1 Å². The Kier molecular flexibility index (Phi) is 5.42. The molecule has 1 heterocycles. The molecule has 0 saturated carbocycles. The van der Waals surface area contributed by atoms with E-state index in [1.165, 1.54) is 15.2 Å². The molecule has 0 saturated heterocycles. The van der Waals surface area contributed by atoms with Gasteiger partial charge in [-0.15, -0.1) is 0 Å². The number of hydrogen-bond donors (Lipinski definition) is 1. The zero-order valence-corrected chi connectivity index (χ0v) is 15.3. The highest BCUT2D eigenvalue weighted by Crippen LogP contribution is 2.27. The average Bonchev–Trinajstić information content (AvgIpc) is 2.83. The topological polar surface area (TPSA) is 33.3 Å². The van der Waals surface area contributed by atoms with Crippen LogP contribution in [0.25, 0.3) is 22.4 Å². The van der Waals surface area contributed by atoms with Gasteiger partial charge >= 0.3 is 0 Å². The maximum atomic E-state index is 9.61. The molecule has 22 heavy (non-hydrogen) atoms. The first-order chi connectivity index (χ1) is 10.2. The second-order valence-corrected chi connectivity index (χ2v) is 5.79. The number of fused-ring (bicyclic) bond motifs is 1. The maximum Gasteiger partial charge on any atom is 0.262 e. The quantitative estimate of drug-likeness (QED) is 0.493. The number of phenols is 1. The molecule has 0 aliphatic carbocycles. The number of benzene rings is 2. The fraction of sp³-hybridized carbons (Fsp3) is 0.118. The number of aromatic nitrogens is 1. The Bertz CT molecular complexity index is 827. The summed E-state index contributed by atoms with van der Waals surface area (Å²) >= 11 is 1.75. The number of ether oxygens (including phenoxy) is 1. The van der Waals surface area contributed by atoms with Gasteiger partial charge in [0.15, 0.2) is 11.5 Å². The van der Waals surface area contributed by atoms with E-state index in [1.807, 2.05) is 24.3 Å². The third-order valence-electron chi connectivity index (χ3n) is 3.39. The van der Waals surface area contributed by atoms with Crippen molar-refractivity contribution < 1.29 is 38.4 Å². The summed E-state index contributed by atoms with van der Waals surface area (Å²) in [6.45, 7) is 0. The number of hydrogen-bond acceptors (Lipinski definition) is 3. The normalized spacial score (nSPS) is 10.8. The second kappa shape index (κ2) is 7.11. The molecule has 3 aromatic rings. The van der Waals surface area contributed by atoms with Gasteiger partial charge in [0.1, 0.15) is 11.7 Å². The number of aromatic hydroxyl groups is 1. The number of rotatable bonds is 3. The first kappa shape index (κ1) is 16.8. The van der Waals surface area contributed by atoms with Crippen molar-refractivity contribution in [3.05, 3.63) is 53.0 Å². The van der Waals surface area contributed by atoms with E-state index in [-0.39, 0.29) is 29.7 Å². The summed E-state index contributed by atoms with van der Waals surface area (Å²) < 4.78 is 8.56. The van der Waals surface area contributed by atoms with Crippen molar-refractivity contribution in [3.8, 4) is 11.5 Å². The summed E-state index contributed by atoms with van der Waals surface area (Å²) in [6.07, 6.45) is 4.10. The van der Waals surface area contributed by atoms with Gasteiger partial charge in [-0.3, -0.25) is 0 Å². The van der Waals surface area contributed by atoms with Crippen LogP contribution in [0.4, 0.5) is 0 Å². The van der Waals surface area contributed by atoms with E-state index in [2.05, 4.69) is 35.9 Å². The highest BCUT2D eigenvalue weighted by atomic mass is 127. The Labute approximate surface area is 150 Å². The van der Waals surface area contributed by atoms with Crippen LogP contribution >= 0.6 is 11.3 Å². The number of phenolic OH excluding ortho intramolecular Hbond substituents is 1. The van der Waals surface area contributed by atoms with E-state index >= 15 is 0 Å². The van der Waals surface area contributed by atoms with Crippen LogP contribution in [0.3, 0.4) is 0 Å². The molecule has 0 spiro atoms. The Hall–Kier alpha value is -1.60. The summed E-state index contributed by atoms with van der Waals surface area (Å²) in [5, 5.41) is 10.8. The van der Waals surface area contributed by atoms with Gasteiger partial charge in [-0.05, 0) is 29.8 Å². The smallest absolute Gasteiger partial charge is 0.262 e. The Morgan fingerprint density at radius 1 is 1.14 bits per heavy atom. The third-order valence-corrected chi connectivity index (χ3v) is 4.58. The summed E-state index contributed by atoms with van der Waals surface area (Å²) in [5.74, 6) is 0.639. The van der Waals surface area contributed by atoms with Crippen LogP contribution in [-0.2, 0) is 7.05 Å². The van der Waals surface area contributed by atoms with Crippen LogP contribution in [0.2, 0.25) is 0 Å². The molecule has 0 unspecified atom stereocenters. The summed E-state index contributed by atoms with van der Waals surface area (Å²) in [4.78, 5) is 0. The lowest BCUT2D eigenvalue weighted by Gasteiger charge is -2.03. The molecular formula is C17H16INO2S. The Balaban J connectivity index is 0.00000176. The van der Waals surface area contributed by atoms with Crippen molar-refractivity contribution in [1.82, 2.24) is 0 Å². The predicted molar refractivity (Wildman–Crippen MR) is 86.6 cm³/mol. The van der Waals surface area contributed by atoms with Crippen molar-refractivity contribution in [1.29, 1.82) is 0 Å². The number of nitrogens with zero attached hydrogens (tertiary/aromatic N) is 1. The SMILES string of the molecule is COc1cc(/C=C/c2sc3ccccc3[n+]2C)ccc1O.[I-]. The lowest BCUT2D eigenvalue weighted by molar-refractivity contribution is -0.642. The van der Waals surface area contributed by atoms with Crippen molar-refractivity contribution in [2.75, 3.05) is 7.11 Å². The van der Waals surface area contributed by atoms with Gasteiger partial charge < -0.3 is 33.8 Å². The van der Waals surface area contributed by atoms with Gasteiger partial charge in [-0.25, -0.2) is 0 Å². The van der Waals surface area contributed by atoms with E-state index in [1.54, 1.807) is 24.5 Å². The minimum Gasteiger partial charge on any atom is -1.00 e. The minimum atomic E-state index is 0. The molecule has 0 aliphatic heterocycles. The monoisotopic (exact) mass is 425 g/mol. The van der Waals surface area contributed by atoms with Crippen molar-refractivity contribution in [2.45, 2.75) is 0 Å². The number of thiazole rings is 1. The van der Waals surface area contributed by atoms with Crippen LogP contribution in [-0.4, -0.2) is 12.2 Å². The van der Waals surface area contributed by atoms with Crippen LogP contribution in [0.15, 0.2) is 42.5 Å². The van der Waals surface area contributed by atoms with Crippen LogP contribution in [0, 0.1) is 0 Å². The van der Waals surface area contributed by atoms with Gasteiger partial charge in [0.2, 0.25) is 5.52 Å². The predicted octanol–water partition coefficient (Wildman–Crippen LogP) is 0.614. The minimum absolute atomic E-state index is 0. The first-order valence-corrected chi connectivity index (χ1v) is 7.43. The fourth-order valence-electron chi connectivity index (χ4n) is 2.23. The van der Waals surface area contributed by atoms with Crippen molar-refractivity contribution in [3.63, 3.8) is 0 Å². The average molecular weight is 425 g/mol. The molecule has 1 aromatic heterocycles. The van der Waals surface area contributed by atoms with Gasteiger partial charge in [0.25, 0.3) is 5.01 Å². The molecule has 3 nitrogen and oxygen atoms in total. The number of para-hydroxylation sites is 1. The zero-order valence-electron chi connectivity index (χ0n) is 12.3. The van der Waals surface area contributed by atoms with Gasteiger partial charge in [0.05, 0.1) is 7.11 Å². The zero-order chi connectivity index (χ0) is 14.8. The van der Waals surface area contributed by atoms with Gasteiger partial charge in [-0.2, -0.15) is 4.57 Å². The summed E-state index contributed by atoms with van der Waals surface area (Å²) in [7, 11) is 3.62. The molecular weight excluding hydrogens is 409 g/mol. The molecule has 0 aliphatic rings. The lowest BCUT2D eigenvalue weighted by atomic mass is 10.2. The Morgan fingerprint density at radius 2 is 1.91 bits per heavy atom. The molecule has 0 atom stereocenters. The molecule has 0 fully saturated rings. The van der Waals surface area contributed by atoms with E-state index < -0.39 is 0 Å². The van der Waals surface area contributed by atoms with E-state index in [9.17, 15) is 5.11 Å². The number of aryl methyl sites for hydroxylation is 1. The van der Waals surface area contributed by atoms with Crippen molar-refractivity contribution >= 4 is 33.7 Å². The number of methoxy groups -OCH3 is 1. The standard InChI is InChI=1S/C17H15NO2S.HI/c1-18-13-5-3-4-6-16(13)21-17(18)10-8-12-7-9-14(19)15(11-12)20-2;/h3-11H,1-2H3;1H. The number of halogens is 1. The molecule has 2 aromatic carbocycles. The highest BCUT2D eigenvalue weighted by molar-refractivity contribution is 7.18. The molecule has 1 N–H and O–H groups in total. The molecule has 0 bridgehead atoms. The van der Waals surface area contributed by atoms with Gasteiger partial charge in [-0.1, -0.05) is 29.5 Å². The van der Waals surface area contributed by atoms with E-state index in [4.69, 9.17) is 4.74 Å². The molecule has 0 amide bonds. The molecule has 3 rings (SSSR count). The third kappa shape index (κ3) is 3.25.